The zero-order valence-electron chi connectivity index (χ0n) is 11.8. The molecule has 0 unspecified atom stereocenters. The van der Waals surface area contributed by atoms with Crippen LogP contribution in [0.15, 0.2) is 29.1 Å². The maximum absolute atomic E-state index is 11.6. The standard InChI is InChI=1S/C16H20N2O/c1-4-5-14-10-16(19)18-15(17-14)9-13-7-11(2)6-12(3)8-13/h6-8,10H,4-5,9H2,1-3H3,(H,17,18,19). The van der Waals surface area contributed by atoms with Crippen LogP contribution in [0, 0.1) is 13.8 Å². The molecule has 0 bridgehead atoms. The van der Waals surface area contributed by atoms with Crippen LogP contribution in [0.5, 0.6) is 0 Å². The second-order valence-electron chi connectivity index (χ2n) is 5.11. The van der Waals surface area contributed by atoms with Gasteiger partial charge in [-0.1, -0.05) is 42.7 Å². The molecule has 0 spiro atoms. The van der Waals surface area contributed by atoms with Gasteiger partial charge in [-0.2, -0.15) is 0 Å². The number of rotatable bonds is 4. The van der Waals surface area contributed by atoms with Gasteiger partial charge in [0.2, 0.25) is 0 Å². The molecule has 0 radical (unpaired) electrons. The predicted octanol–water partition coefficient (Wildman–Crippen LogP) is 2.93. The highest BCUT2D eigenvalue weighted by atomic mass is 16.1. The van der Waals surface area contributed by atoms with E-state index < -0.39 is 0 Å². The van der Waals surface area contributed by atoms with E-state index >= 15 is 0 Å². The van der Waals surface area contributed by atoms with Crippen LogP contribution < -0.4 is 5.56 Å². The Hall–Kier alpha value is -1.90. The summed E-state index contributed by atoms with van der Waals surface area (Å²) in [6, 6.07) is 8.01. The van der Waals surface area contributed by atoms with Gasteiger partial charge in [0.05, 0.1) is 0 Å². The highest BCUT2D eigenvalue weighted by Gasteiger charge is 2.03. The number of hydrogen-bond acceptors (Lipinski definition) is 2. The molecule has 1 heterocycles. The molecule has 3 nitrogen and oxygen atoms in total. The summed E-state index contributed by atoms with van der Waals surface area (Å²) in [6.07, 6.45) is 2.53. The lowest BCUT2D eigenvalue weighted by Crippen LogP contribution is -2.13. The van der Waals surface area contributed by atoms with Crippen molar-refractivity contribution in [3.63, 3.8) is 0 Å². The van der Waals surface area contributed by atoms with E-state index in [1.54, 1.807) is 6.07 Å². The van der Waals surface area contributed by atoms with Crippen LogP contribution in [-0.2, 0) is 12.8 Å². The molecule has 0 saturated heterocycles. The van der Waals surface area contributed by atoms with Crippen LogP contribution in [0.3, 0.4) is 0 Å². The van der Waals surface area contributed by atoms with E-state index in [4.69, 9.17) is 0 Å². The lowest BCUT2D eigenvalue weighted by Gasteiger charge is -2.06. The van der Waals surface area contributed by atoms with Crippen molar-refractivity contribution in [3.05, 3.63) is 62.8 Å². The molecule has 0 aliphatic carbocycles. The Morgan fingerprint density at radius 1 is 1.11 bits per heavy atom. The lowest BCUT2D eigenvalue weighted by molar-refractivity contribution is 0.831. The van der Waals surface area contributed by atoms with Crippen LogP contribution in [0.1, 0.15) is 41.6 Å². The molecule has 1 N–H and O–H groups in total. The van der Waals surface area contributed by atoms with Crippen molar-refractivity contribution >= 4 is 0 Å². The molecule has 0 atom stereocenters. The summed E-state index contributed by atoms with van der Waals surface area (Å²) in [7, 11) is 0. The van der Waals surface area contributed by atoms with E-state index in [0.717, 1.165) is 24.4 Å². The second kappa shape index (κ2) is 5.83. The zero-order chi connectivity index (χ0) is 13.8. The molecule has 0 saturated carbocycles. The van der Waals surface area contributed by atoms with Gasteiger partial charge in [0.15, 0.2) is 0 Å². The third kappa shape index (κ3) is 3.78. The van der Waals surface area contributed by atoms with Crippen LogP contribution in [0.25, 0.3) is 0 Å². The smallest absolute Gasteiger partial charge is 0.251 e. The van der Waals surface area contributed by atoms with Gasteiger partial charge in [-0.25, -0.2) is 4.98 Å². The number of aromatic amines is 1. The minimum absolute atomic E-state index is 0.0576. The molecule has 1 aromatic carbocycles. The van der Waals surface area contributed by atoms with Crippen molar-refractivity contribution in [1.82, 2.24) is 9.97 Å². The van der Waals surface area contributed by atoms with Crippen molar-refractivity contribution in [2.24, 2.45) is 0 Å². The minimum atomic E-state index is -0.0576. The third-order valence-corrected chi connectivity index (χ3v) is 3.00. The number of aromatic nitrogens is 2. The molecule has 100 valence electrons. The average Bonchev–Trinajstić information content (AvgIpc) is 2.26. The van der Waals surface area contributed by atoms with Crippen molar-refractivity contribution < 1.29 is 0 Å². The van der Waals surface area contributed by atoms with Gasteiger partial charge in [-0.05, 0) is 25.8 Å². The summed E-state index contributed by atoms with van der Waals surface area (Å²) >= 11 is 0. The fourth-order valence-electron chi connectivity index (χ4n) is 2.40. The fourth-order valence-corrected chi connectivity index (χ4v) is 2.40. The van der Waals surface area contributed by atoms with E-state index in [1.807, 2.05) is 0 Å². The van der Waals surface area contributed by atoms with Crippen LogP contribution >= 0.6 is 0 Å². The first-order valence-corrected chi connectivity index (χ1v) is 6.73. The quantitative estimate of drug-likeness (QED) is 0.914. The first-order chi connectivity index (χ1) is 9.06. The zero-order valence-corrected chi connectivity index (χ0v) is 11.8. The molecule has 1 aromatic heterocycles. The molecule has 2 rings (SSSR count). The number of nitrogens with zero attached hydrogens (tertiary/aromatic N) is 1. The van der Waals surface area contributed by atoms with Gasteiger partial charge in [0.25, 0.3) is 5.56 Å². The van der Waals surface area contributed by atoms with E-state index in [1.165, 1.54) is 16.7 Å². The molecule has 0 fully saturated rings. The lowest BCUT2D eigenvalue weighted by atomic mass is 10.0. The Morgan fingerprint density at radius 3 is 2.42 bits per heavy atom. The summed E-state index contributed by atoms with van der Waals surface area (Å²) in [5.74, 6) is 0.751. The number of H-pyrrole nitrogens is 1. The Balaban J connectivity index is 2.29. The Kier molecular flexibility index (Phi) is 4.15. The largest absolute Gasteiger partial charge is 0.310 e. The third-order valence-electron chi connectivity index (χ3n) is 3.00. The topological polar surface area (TPSA) is 45.8 Å². The molecular formula is C16H20N2O. The number of nitrogens with one attached hydrogen (secondary N) is 1. The molecule has 19 heavy (non-hydrogen) atoms. The fraction of sp³-hybridized carbons (Fsp3) is 0.375. The summed E-state index contributed by atoms with van der Waals surface area (Å²) in [4.78, 5) is 19.0. The maximum atomic E-state index is 11.6. The van der Waals surface area contributed by atoms with Crippen molar-refractivity contribution in [1.29, 1.82) is 0 Å². The summed E-state index contributed by atoms with van der Waals surface area (Å²) in [5.41, 5.74) is 4.49. The Morgan fingerprint density at radius 2 is 1.79 bits per heavy atom. The van der Waals surface area contributed by atoms with Crippen molar-refractivity contribution in [2.75, 3.05) is 0 Å². The van der Waals surface area contributed by atoms with Crippen LogP contribution in [0.4, 0.5) is 0 Å². The number of benzene rings is 1. The molecule has 0 aliphatic rings. The van der Waals surface area contributed by atoms with Gasteiger partial charge in [0.1, 0.15) is 5.82 Å². The highest BCUT2D eigenvalue weighted by Crippen LogP contribution is 2.11. The van der Waals surface area contributed by atoms with Gasteiger partial charge < -0.3 is 4.98 Å². The van der Waals surface area contributed by atoms with Crippen molar-refractivity contribution in [3.8, 4) is 0 Å². The van der Waals surface area contributed by atoms with Gasteiger partial charge in [-0.3, -0.25) is 4.79 Å². The van der Waals surface area contributed by atoms with Crippen molar-refractivity contribution in [2.45, 2.75) is 40.0 Å². The summed E-state index contributed by atoms with van der Waals surface area (Å²) in [6.45, 7) is 6.26. The van der Waals surface area contributed by atoms with E-state index in [-0.39, 0.29) is 5.56 Å². The summed E-state index contributed by atoms with van der Waals surface area (Å²) < 4.78 is 0. The molecule has 0 amide bonds. The van der Waals surface area contributed by atoms with Gasteiger partial charge >= 0.3 is 0 Å². The Labute approximate surface area is 113 Å². The minimum Gasteiger partial charge on any atom is -0.310 e. The first-order valence-electron chi connectivity index (χ1n) is 6.73. The van der Waals surface area contributed by atoms with Crippen LogP contribution in [0.2, 0.25) is 0 Å². The molecule has 2 aromatic rings. The first kappa shape index (κ1) is 13.5. The SMILES string of the molecule is CCCc1cc(=O)[nH]c(Cc2cc(C)cc(C)c2)n1. The normalized spacial score (nSPS) is 10.7. The maximum Gasteiger partial charge on any atom is 0.251 e. The van der Waals surface area contributed by atoms with Crippen LogP contribution in [-0.4, -0.2) is 9.97 Å². The van der Waals surface area contributed by atoms with E-state index in [2.05, 4.69) is 48.9 Å². The second-order valence-corrected chi connectivity index (χ2v) is 5.11. The van der Waals surface area contributed by atoms with E-state index in [0.29, 0.717) is 6.42 Å². The molecule has 0 aliphatic heterocycles. The van der Waals surface area contributed by atoms with Gasteiger partial charge in [-0.15, -0.1) is 0 Å². The number of hydrogen-bond donors (Lipinski definition) is 1. The highest BCUT2D eigenvalue weighted by molar-refractivity contribution is 5.30. The predicted molar refractivity (Wildman–Crippen MR) is 77.6 cm³/mol. The van der Waals surface area contributed by atoms with E-state index in [9.17, 15) is 4.79 Å². The number of aryl methyl sites for hydroxylation is 3. The molecular weight excluding hydrogens is 236 g/mol. The summed E-state index contributed by atoms with van der Waals surface area (Å²) in [5, 5.41) is 0. The Bertz CT molecular complexity index is 609. The van der Waals surface area contributed by atoms with Gasteiger partial charge in [0, 0.05) is 18.2 Å². The average molecular weight is 256 g/mol. The molecule has 3 heteroatoms. The monoisotopic (exact) mass is 256 g/mol.